The van der Waals surface area contributed by atoms with E-state index in [1.165, 1.54) is 0 Å². The van der Waals surface area contributed by atoms with E-state index < -0.39 is 0 Å². The summed E-state index contributed by atoms with van der Waals surface area (Å²) in [5.41, 5.74) is 0. The molecule has 0 N–H and O–H groups in total. The molecule has 4 unspecified atom stereocenters. The van der Waals surface area contributed by atoms with Gasteiger partial charge >= 0.3 is 0 Å². The van der Waals surface area contributed by atoms with Gasteiger partial charge in [0, 0.05) is 0 Å². The van der Waals surface area contributed by atoms with Crippen LogP contribution in [0.1, 0.15) is 0 Å². The molecule has 3 aliphatic rings. The highest BCUT2D eigenvalue weighted by Crippen LogP contribution is 2.72. The van der Waals surface area contributed by atoms with Crippen LogP contribution in [-0.2, 0) is 0 Å². The molecule has 0 aromatic heterocycles. The van der Waals surface area contributed by atoms with E-state index in [1.54, 1.807) is 0 Å². The number of hydrogen-bond acceptors (Lipinski definition) is 5. The summed E-state index contributed by atoms with van der Waals surface area (Å²) in [6, 6.07) is 0. The van der Waals surface area contributed by atoms with Crippen LogP contribution in [0.25, 0.3) is 0 Å². The molecule has 3 heterocycles. The Morgan fingerprint density at radius 2 is 1.00 bits per heavy atom. The van der Waals surface area contributed by atoms with Gasteiger partial charge in [0.1, 0.15) is 0 Å². The molecule has 0 amide bonds. The van der Waals surface area contributed by atoms with Crippen molar-refractivity contribution in [3.05, 3.63) is 0 Å². The second kappa shape index (κ2) is 2.12. The van der Waals surface area contributed by atoms with Gasteiger partial charge in [-0.2, -0.15) is 0 Å². The third-order valence-corrected chi connectivity index (χ3v) is 10.9. The summed E-state index contributed by atoms with van der Waals surface area (Å²) in [5.74, 6) is 0. The minimum atomic E-state index is 0.952. The standard InChI is InChI=1S/C4H4S5/c5-1-3(6-1)8-9-4-2(5)7-4/h1-4H. The van der Waals surface area contributed by atoms with Crippen molar-refractivity contribution in [2.24, 2.45) is 0 Å². The van der Waals surface area contributed by atoms with Crippen LogP contribution in [-0.4, -0.2) is 18.3 Å². The minimum Gasteiger partial charge on any atom is -0.129 e. The van der Waals surface area contributed by atoms with Gasteiger partial charge < -0.3 is 0 Å². The summed E-state index contributed by atoms with van der Waals surface area (Å²) in [6.07, 6.45) is 0. The second-order valence-corrected chi connectivity index (χ2v) is 9.69. The fourth-order valence-electron chi connectivity index (χ4n) is 0.744. The van der Waals surface area contributed by atoms with Gasteiger partial charge in [-0.3, -0.25) is 0 Å². The molecule has 3 fully saturated rings. The first-order valence-electron chi connectivity index (χ1n) is 2.72. The zero-order chi connectivity index (χ0) is 5.84. The number of hydrogen-bond donors (Lipinski definition) is 0. The van der Waals surface area contributed by atoms with E-state index >= 15 is 0 Å². The molecule has 3 rings (SSSR count). The number of thioether (sulfide) groups is 3. The molecule has 0 aliphatic carbocycles. The molecule has 0 aromatic carbocycles. The van der Waals surface area contributed by atoms with Crippen molar-refractivity contribution >= 4 is 56.9 Å². The maximum Gasteiger partial charge on any atom is 0.0828 e. The summed E-state index contributed by atoms with van der Waals surface area (Å²) in [5, 5.41) is 0. The van der Waals surface area contributed by atoms with Gasteiger partial charge in [-0.1, -0.05) is 21.6 Å². The van der Waals surface area contributed by atoms with Crippen LogP contribution in [0.2, 0.25) is 0 Å². The fourth-order valence-corrected chi connectivity index (χ4v) is 10.9. The van der Waals surface area contributed by atoms with Crippen LogP contribution in [0, 0.1) is 0 Å². The molecule has 5 heteroatoms. The van der Waals surface area contributed by atoms with Crippen molar-refractivity contribution in [1.29, 1.82) is 0 Å². The van der Waals surface area contributed by atoms with E-state index in [4.69, 9.17) is 0 Å². The molecule has 0 nitrogen and oxygen atoms in total. The van der Waals surface area contributed by atoms with E-state index in [0.29, 0.717) is 0 Å². The normalized spacial score (nSPS) is 61.3. The highest BCUT2D eigenvalue weighted by Gasteiger charge is 2.53. The average molecular weight is 212 g/mol. The lowest BCUT2D eigenvalue weighted by molar-refractivity contribution is 1.49. The quantitative estimate of drug-likeness (QED) is 0.446. The first kappa shape index (κ1) is 6.29. The van der Waals surface area contributed by atoms with Gasteiger partial charge in [-0.25, -0.2) is 0 Å². The van der Waals surface area contributed by atoms with Crippen LogP contribution < -0.4 is 0 Å². The van der Waals surface area contributed by atoms with Crippen LogP contribution in [0.3, 0.4) is 0 Å². The Kier molecular flexibility index (Phi) is 1.48. The lowest BCUT2D eigenvalue weighted by atomic mass is 10.9. The van der Waals surface area contributed by atoms with Gasteiger partial charge in [-0.15, -0.1) is 35.3 Å². The molecular formula is C4H4S5. The van der Waals surface area contributed by atoms with Gasteiger partial charge in [-0.05, 0) is 0 Å². The molecule has 0 aromatic rings. The molecule has 3 saturated heterocycles. The van der Waals surface area contributed by atoms with Crippen LogP contribution in [0.15, 0.2) is 0 Å². The number of fused-ring (bicyclic) bond motifs is 2. The Bertz CT molecular complexity index is 132. The van der Waals surface area contributed by atoms with Gasteiger partial charge in [0.2, 0.25) is 0 Å². The van der Waals surface area contributed by atoms with Crippen molar-refractivity contribution in [3.63, 3.8) is 0 Å². The van der Waals surface area contributed by atoms with E-state index in [-0.39, 0.29) is 0 Å². The number of rotatable bonds is 0. The third-order valence-electron chi connectivity index (χ3n) is 1.34. The van der Waals surface area contributed by atoms with E-state index in [1.807, 2.05) is 0 Å². The fraction of sp³-hybridized carbons (Fsp3) is 1.00. The monoisotopic (exact) mass is 212 g/mol. The van der Waals surface area contributed by atoms with Crippen molar-refractivity contribution in [2.75, 3.05) is 0 Å². The topological polar surface area (TPSA) is 0 Å². The molecule has 0 bridgehead atoms. The molecular weight excluding hydrogens is 208 g/mol. The second-order valence-electron chi connectivity index (χ2n) is 2.07. The molecule has 3 aliphatic heterocycles. The summed E-state index contributed by atoms with van der Waals surface area (Å²) >= 11 is 6.46. The maximum absolute atomic E-state index is 2.19. The third kappa shape index (κ3) is 1.13. The summed E-state index contributed by atoms with van der Waals surface area (Å²) < 4.78 is 3.83. The zero-order valence-electron chi connectivity index (χ0n) is 4.35. The molecule has 0 saturated carbocycles. The van der Waals surface area contributed by atoms with Gasteiger partial charge in [0.05, 0.1) is 18.3 Å². The van der Waals surface area contributed by atoms with Crippen LogP contribution >= 0.6 is 56.9 Å². The van der Waals surface area contributed by atoms with Crippen LogP contribution in [0.5, 0.6) is 0 Å². The van der Waals surface area contributed by atoms with Crippen LogP contribution in [0.4, 0.5) is 0 Å². The largest absolute Gasteiger partial charge is 0.129 e. The highest BCUT2D eigenvalue weighted by atomic mass is 33.1. The van der Waals surface area contributed by atoms with Crippen molar-refractivity contribution in [3.8, 4) is 0 Å². The molecule has 50 valence electrons. The summed E-state index contributed by atoms with van der Waals surface area (Å²) in [4.78, 5) is 0. The summed E-state index contributed by atoms with van der Waals surface area (Å²) in [7, 11) is 4.20. The van der Waals surface area contributed by atoms with Crippen molar-refractivity contribution in [1.82, 2.24) is 0 Å². The zero-order valence-corrected chi connectivity index (χ0v) is 8.43. The predicted octanol–water partition coefficient (Wildman–Crippen LogP) is 2.91. The lowest BCUT2D eigenvalue weighted by Crippen LogP contribution is -1.81. The Balaban J connectivity index is 1.77. The maximum atomic E-state index is 2.19. The van der Waals surface area contributed by atoms with Gasteiger partial charge in [0.25, 0.3) is 0 Å². The van der Waals surface area contributed by atoms with Crippen molar-refractivity contribution in [2.45, 2.75) is 18.3 Å². The Morgan fingerprint density at radius 3 is 1.56 bits per heavy atom. The lowest BCUT2D eigenvalue weighted by Gasteiger charge is -1.87. The Hall–Kier alpha value is 1.75. The molecule has 0 radical (unpaired) electrons. The van der Waals surface area contributed by atoms with E-state index in [0.717, 1.165) is 18.3 Å². The first-order valence-corrected chi connectivity index (χ1v) is 7.82. The first-order chi connectivity index (χ1) is 4.43. The molecule has 9 heavy (non-hydrogen) atoms. The predicted molar refractivity (Wildman–Crippen MR) is 53.1 cm³/mol. The minimum absolute atomic E-state index is 0.952. The Labute approximate surface area is 74.8 Å². The SMILES string of the molecule is S1SC2SC2SC2SC12. The Morgan fingerprint density at radius 1 is 0.556 bits per heavy atom. The smallest absolute Gasteiger partial charge is 0.0828 e. The van der Waals surface area contributed by atoms with Gasteiger partial charge in [0.15, 0.2) is 0 Å². The average Bonchev–Trinajstić information content (AvgIpc) is 2.54. The molecule has 0 spiro atoms. The van der Waals surface area contributed by atoms with Crippen molar-refractivity contribution < 1.29 is 0 Å². The molecule has 4 atom stereocenters. The van der Waals surface area contributed by atoms with E-state index in [2.05, 4.69) is 56.9 Å². The van der Waals surface area contributed by atoms with E-state index in [9.17, 15) is 0 Å². The summed E-state index contributed by atoms with van der Waals surface area (Å²) in [6.45, 7) is 0. The highest BCUT2D eigenvalue weighted by molar-refractivity contribution is 8.82.